The Labute approximate surface area is 314 Å². The Bertz CT molecular complexity index is 3430. The van der Waals surface area contributed by atoms with Crippen molar-refractivity contribution in [1.29, 1.82) is 0 Å². The minimum absolute atomic E-state index is 0.923. The predicted molar refractivity (Wildman–Crippen MR) is 233 cm³/mol. The van der Waals surface area contributed by atoms with Crippen LogP contribution in [0.15, 0.2) is 186 Å². The Morgan fingerprint density at radius 1 is 0.333 bits per heavy atom. The van der Waals surface area contributed by atoms with Crippen molar-refractivity contribution >= 4 is 96.5 Å². The van der Waals surface area contributed by atoms with Crippen molar-refractivity contribution in [1.82, 2.24) is 0 Å². The molecule has 0 radical (unpaired) electrons. The van der Waals surface area contributed by atoms with E-state index in [1.807, 2.05) is 11.3 Å². The van der Waals surface area contributed by atoms with Crippen molar-refractivity contribution in [2.24, 2.45) is 0 Å². The lowest BCUT2D eigenvalue weighted by molar-refractivity contribution is 0.673. The van der Waals surface area contributed by atoms with Crippen LogP contribution in [-0.4, -0.2) is 0 Å². The monoisotopic (exact) mass is 702 g/mol. The van der Waals surface area contributed by atoms with Crippen molar-refractivity contribution in [3.8, 4) is 33.4 Å². The standard InChI is InChI=1S/C52H30OS/c1-2-12-34-29-35(26-21-31(34)11-1)49-40-17-7-5-15-38(40)48(39-16-6-8-18-41(39)49)33-24-22-32(23-25-33)44-30-45-50(37-14-4-3-13-36(37)44)43-27-28-47-51(52(43)53-45)42-19-9-10-20-46(42)54-47/h1-30H. The molecule has 0 saturated carbocycles. The summed E-state index contributed by atoms with van der Waals surface area (Å²) in [6.45, 7) is 0. The lowest BCUT2D eigenvalue weighted by Gasteiger charge is -2.18. The van der Waals surface area contributed by atoms with E-state index in [2.05, 4.69) is 182 Å². The molecule has 250 valence electrons. The number of rotatable bonds is 3. The number of fused-ring (bicyclic) bond motifs is 12. The second-order valence-electron chi connectivity index (χ2n) is 14.3. The van der Waals surface area contributed by atoms with Crippen molar-refractivity contribution in [3.63, 3.8) is 0 Å². The Morgan fingerprint density at radius 3 is 1.61 bits per heavy atom. The molecule has 2 aromatic heterocycles. The molecule has 0 aliphatic carbocycles. The second kappa shape index (κ2) is 11.4. The van der Waals surface area contributed by atoms with E-state index in [-0.39, 0.29) is 0 Å². The quantitative estimate of drug-likeness (QED) is 0.167. The molecule has 1 nitrogen and oxygen atoms in total. The number of furan rings is 1. The van der Waals surface area contributed by atoms with Crippen molar-refractivity contribution in [2.45, 2.75) is 0 Å². The number of thiophene rings is 1. The van der Waals surface area contributed by atoms with Gasteiger partial charge in [-0.25, -0.2) is 0 Å². The van der Waals surface area contributed by atoms with Gasteiger partial charge in [0, 0.05) is 30.9 Å². The first-order valence-electron chi connectivity index (χ1n) is 18.5. The van der Waals surface area contributed by atoms with Gasteiger partial charge in [0.15, 0.2) is 0 Å². The number of hydrogen-bond acceptors (Lipinski definition) is 2. The summed E-state index contributed by atoms with van der Waals surface area (Å²) in [5, 5.41) is 14.8. The molecule has 0 N–H and O–H groups in total. The fourth-order valence-corrected chi connectivity index (χ4v) is 10.2. The molecule has 2 heterocycles. The van der Waals surface area contributed by atoms with Gasteiger partial charge in [-0.1, -0.05) is 152 Å². The zero-order valence-corrected chi connectivity index (χ0v) is 30.0. The largest absolute Gasteiger partial charge is 0.455 e. The SMILES string of the molecule is c1ccc2cc(-c3c4ccccc4c(-c4ccc(-c5cc6oc7c(ccc8sc9ccccc9c87)c6c6ccccc56)cc4)c4ccccc34)ccc2c1. The molecule has 12 rings (SSSR count). The summed E-state index contributed by atoms with van der Waals surface area (Å²) in [5.74, 6) is 0. The van der Waals surface area contributed by atoms with Gasteiger partial charge in [0.2, 0.25) is 0 Å². The van der Waals surface area contributed by atoms with Crippen LogP contribution in [0, 0.1) is 0 Å². The summed E-state index contributed by atoms with van der Waals surface area (Å²) in [5.41, 5.74) is 9.24. The topological polar surface area (TPSA) is 13.1 Å². The molecule has 0 aliphatic heterocycles. The van der Waals surface area contributed by atoms with Gasteiger partial charge in [0.25, 0.3) is 0 Å². The summed E-state index contributed by atoms with van der Waals surface area (Å²) in [7, 11) is 0. The van der Waals surface area contributed by atoms with Crippen LogP contribution in [0.3, 0.4) is 0 Å². The van der Waals surface area contributed by atoms with Crippen LogP contribution in [-0.2, 0) is 0 Å². The molecule has 0 spiro atoms. The summed E-state index contributed by atoms with van der Waals surface area (Å²) < 4.78 is 9.41. The van der Waals surface area contributed by atoms with E-state index in [4.69, 9.17) is 4.42 Å². The molecular formula is C52H30OS. The van der Waals surface area contributed by atoms with Crippen molar-refractivity contribution in [3.05, 3.63) is 182 Å². The van der Waals surface area contributed by atoms with Gasteiger partial charge < -0.3 is 4.42 Å². The lowest BCUT2D eigenvalue weighted by Crippen LogP contribution is -1.91. The van der Waals surface area contributed by atoms with E-state index in [9.17, 15) is 0 Å². The first-order chi connectivity index (χ1) is 26.8. The zero-order chi connectivity index (χ0) is 35.3. The van der Waals surface area contributed by atoms with Crippen LogP contribution in [0.5, 0.6) is 0 Å². The van der Waals surface area contributed by atoms with E-state index in [0.29, 0.717) is 0 Å². The van der Waals surface area contributed by atoms with Gasteiger partial charge in [0.05, 0.1) is 0 Å². The van der Waals surface area contributed by atoms with Gasteiger partial charge in [-0.2, -0.15) is 0 Å². The molecule has 2 heteroatoms. The zero-order valence-electron chi connectivity index (χ0n) is 29.1. The van der Waals surface area contributed by atoms with E-state index < -0.39 is 0 Å². The summed E-state index contributed by atoms with van der Waals surface area (Å²) in [4.78, 5) is 0. The third-order valence-electron chi connectivity index (χ3n) is 11.4. The molecule has 10 aromatic carbocycles. The second-order valence-corrected chi connectivity index (χ2v) is 15.4. The highest BCUT2D eigenvalue weighted by Crippen LogP contribution is 2.47. The van der Waals surface area contributed by atoms with Gasteiger partial charge in [-0.3, -0.25) is 0 Å². The molecule has 0 fully saturated rings. The maximum atomic E-state index is 6.87. The summed E-state index contributed by atoms with van der Waals surface area (Å²) in [6, 6.07) is 66.7. The average molecular weight is 703 g/mol. The van der Waals surface area contributed by atoms with Crippen molar-refractivity contribution < 1.29 is 4.42 Å². The highest BCUT2D eigenvalue weighted by atomic mass is 32.1. The Morgan fingerprint density at radius 2 is 0.889 bits per heavy atom. The molecule has 0 unspecified atom stereocenters. The normalized spacial score (nSPS) is 12.1. The van der Waals surface area contributed by atoms with Gasteiger partial charge in [-0.15, -0.1) is 11.3 Å². The van der Waals surface area contributed by atoms with E-state index in [1.165, 1.54) is 107 Å². The van der Waals surface area contributed by atoms with Crippen molar-refractivity contribution in [2.75, 3.05) is 0 Å². The van der Waals surface area contributed by atoms with Gasteiger partial charge in [0.1, 0.15) is 11.2 Å². The maximum Gasteiger partial charge on any atom is 0.144 e. The van der Waals surface area contributed by atoms with Crippen LogP contribution in [0.1, 0.15) is 0 Å². The molecule has 0 amide bonds. The van der Waals surface area contributed by atoms with Crippen LogP contribution in [0.25, 0.3) is 119 Å². The Hall–Kier alpha value is -6.74. The fourth-order valence-electron chi connectivity index (χ4n) is 9.06. The molecular weight excluding hydrogens is 673 g/mol. The van der Waals surface area contributed by atoms with E-state index in [1.54, 1.807) is 0 Å². The molecule has 54 heavy (non-hydrogen) atoms. The van der Waals surface area contributed by atoms with E-state index in [0.717, 1.165) is 11.2 Å². The minimum Gasteiger partial charge on any atom is -0.455 e. The fraction of sp³-hybridized carbons (Fsp3) is 0. The lowest BCUT2D eigenvalue weighted by atomic mass is 9.85. The van der Waals surface area contributed by atoms with Gasteiger partial charge >= 0.3 is 0 Å². The Kier molecular flexibility index (Phi) is 6.28. The van der Waals surface area contributed by atoms with Crippen LogP contribution in [0.4, 0.5) is 0 Å². The highest BCUT2D eigenvalue weighted by Gasteiger charge is 2.20. The molecule has 12 aromatic rings. The van der Waals surface area contributed by atoms with Crippen LogP contribution < -0.4 is 0 Å². The highest BCUT2D eigenvalue weighted by molar-refractivity contribution is 7.26. The first-order valence-corrected chi connectivity index (χ1v) is 19.3. The minimum atomic E-state index is 0.923. The molecule has 0 bridgehead atoms. The van der Waals surface area contributed by atoms with E-state index >= 15 is 0 Å². The van der Waals surface area contributed by atoms with Crippen LogP contribution in [0.2, 0.25) is 0 Å². The third kappa shape index (κ3) is 4.26. The number of benzene rings is 10. The van der Waals surface area contributed by atoms with Gasteiger partial charge in [-0.05, 0) is 107 Å². The van der Waals surface area contributed by atoms with Crippen LogP contribution >= 0.6 is 11.3 Å². The average Bonchev–Trinajstić information content (AvgIpc) is 3.81. The summed E-state index contributed by atoms with van der Waals surface area (Å²) >= 11 is 1.83. The molecule has 0 saturated heterocycles. The maximum absolute atomic E-state index is 6.87. The Balaban J connectivity index is 1.05. The predicted octanol–water partition coefficient (Wildman–Crippen LogP) is 15.6. The molecule has 0 atom stereocenters. The molecule has 0 aliphatic rings. The number of hydrogen-bond donors (Lipinski definition) is 0. The smallest absolute Gasteiger partial charge is 0.144 e. The summed E-state index contributed by atoms with van der Waals surface area (Å²) in [6.07, 6.45) is 0. The third-order valence-corrected chi connectivity index (χ3v) is 12.6. The first kappa shape index (κ1) is 29.8.